The molecule has 4 heteroatoms. The second-order valence-corrected chi connectivity index (χ2v) is 1.24. The Morgan fingerprint density at radius 2 is 2.50 bits per heavy atom. The molecule has 0 rings (SSSR count). The average molecular weight is 118 g/mol. The topological polar surface area (TPSA) is 26.3 Å². The molecule has 0 bridgehead atoms. The zero-order chi connectivity index (χ0) is 6.41. The molecule has 0 saturated heterocycles. The van der Waals surface area contributed by atoms with Crippen LogP contribution in [0.25, 0.3) is 0 Å². The minimum absolute atomic E-state index is 0.117. The highest BCUT2D eigenvalue weighted by atomic mass is 19.1. The van der Waals surface area contributed by atoms with Gasteiger partial charge in [0, 0.05) is 0 Å². The van der Waals surface area contributed by atoms with E-state index in [9.17, 15) is 9.11 Å². The Morgan fingerprint density at radius 3 is 2.88 bits per heavy atom. The summed E-state index contributed by atoms with van der Waals surface area (Å²) in [4.78, 5) is 10.2. The van der Waals surface area contributed by atoms with Crippen LogP contribution < -0.4 is 0 Å². The van der Waals surface area contributed by atoms with Crippen LogP contribution in [0.15, 0.2) is 0 Å². The average Bonchev–Trinajstić information content (AvgIpc) is 1.68. The molecule has 0 heterocycles. The van der Waals surface area contributed by atoms with E-state index in [0.717, 1.165) is 0 Å². The van der Waals surface area contributed by atoms with Gasteiger partial charge in [0.05, 0.1) is 12.9 Å². The van der Waals surface area contributed by atoms with Crippen molar-refractivity contribution in [3.8, 4) is 0 Å². The van der Waals surface area contributed by atoms with Gasteiger partial charge >= 0.3 is 13.5 Å². The fraction of sp³-hybridized carbons (Fsp3) is 0.750. The molecule has 0 atom stereocenters. The SMILES string of the molecule is CCOC(=O)CBF. The molecule has 0 unspecified atom stereocenters. The number of rotatable bonds is 3. The number of hydrogen-bond acceptors (Lipinski definition) is 2. The van der Waals surface area contributed by atoms with E-state index in [1.165, 1.54) is 0 Å². The van der Waals surface area contributed by atoms with Crippen LogP contribution in [0.1, 0.15) is 6.92 Å². The van der Waals surface area contributed by atoms with E-state index in [2.05, 4.69) is 4.74 Å². The van der Waals surface area contributed by atoms with Gasteiger partial charge in [-0.15, -0.1) is 0 Å². The van der Waals surface area contributed by atoms with Crippen molar-refractivity contribution in [3.05, 3.63) is 0 Å². The Labute approximate surface area is 48.3 Å². The number of ether oxygens (including phenoxy) is 1. The third kappa shape index (κ3) is 3.65. The lowest BCUT2D eigenvalue weighted by atomic mass is 10.0. The Hall–Kier alpha value is -0.535. The zero-order valence-corrected chi connectivity index (χ0v) is 4.82. The maximum atomic E-state index is 11.3. The molecule has 0 fully saturated rings. The minimum Gasteiger partial charge on any atom is -0.466 e. The molecule has 0 spiro atoms. The molecule has 0 aliphatic heterocycles. The Morgan fingerprint density at radius 1 is 1.88 bits per heavy atom. The van der Waals surface area contributed by atoms with Crippen LogP contribution in [0.3, 0.4) is 0 Å². The first kappa shape index (κ1) is 7.46. The number of hydrogen-bond donors (Lipinski definition) is 0. The zero-order valence-electron chi connectivity index (χ0n) is 4.82. The standard InChI is InChI=1S/C4H8BFO2/c1-2-8-4(7)3-5-6/h5H,2-3H2,1H3. The molecule has 0 aromatic carbocycles. The van der Waals surface area contributed by atoms with E-state index in [1.54, 1.807) is 6.92 Å². The van der Waals surface area contributed by atoms with Gasteiger partial charge in [-0.2, -0.15) is 0 Å². The highest BCUT2D eigenvalue weighted by Gasteiger charge is 1.99. The number of esters is 1. The van der Waals surface area contributed by atoms with Gasteiger partial charge in [-0.25, -0.2) is 0 Å². The number of carbonyl (C=O) groups excluding carboxylic acids is 1. The van der Waals surface area contributed by atoms with Crippen LogP contribution in [0.5, 0.6) is 0 Å². The van der Waals surface area contributed by atoms with E-state index < -0.39 is 13.5 Å². The molecule has 0 aliphatic rings. The van der Waals surface area contributed by atoms with Crippen LogP contribution in [-0.4, -0.2) is 20.1 Å². The minimum atomic E-state index is -0.626. The molecule has 0 aromatic rings. The molecule has 0 aromatic heterocycles. The molecule has 0 N–H and O–H groups in total. The summed E-state index contributed by atoms with van der Waals surface area (Å²) in [7, 11) is -0.626. The van der Waals surface area contributed by atoms with Crippen molar-refractivity contribution < 1.29 is 13.8 Å². The molecule has 46 valence electrons. The molecular weight excluding hydrogens is 110 g/mol. The van der Waals surface area contributed by atoms with Gasteiger partial charge in [0.1, 0.15) is 0 Å². The van der Waals surface area contributed by atoms with Crippen LogP contribution in [0.4, 0.5) is 4.32 Å². The second kappa shape index (κ2) is 4.62. The lowest BCUT2D eigenvalue weighted by Gasteiger charge is -1.94. The van der Waals surface area contributed by atoms with Crippen molar-refractivity contribution in [1.29, 1.82) is 0 Å². The van der Waals surface area contributed by atoms with Crippen LogP contribution >= 0.6 is 0 Å². The lowest BCUT2D eigenvalue weighted by molar-refractivity contribution is -0.140. The van der Waals surface area contributed by atoms with Crippen molar-refractivity contribution in [2.24, 2.45) is 0 Å². The summed E-state index contributed by atoms with van der Waals surface area (Å²) in [5.41, 5.74) is 0. The molecule has 0 aliphatic carbocycles. The summed E-state index contributed by atoms with van der Waals surface area (Å²) < 4.78 is 15.7. The van der Waals surface area contributed by atoms with E-state index >= 15 is 0 Å². The first-order chi connectivity index (χ1) is 3.81. The van der Waals surface area contributed by atoms with Crippen molar-refractivity contribution in [2.45, 2.75) is 13.2 Å². The molecule has 0 saturated carbocycles. The van der Waals surface area contributed by atoms with Gasteiger partial charge in [-0.1, -0.05) is 0 Å². The van der Waals surface area contributed by atoms with Gasteiger partial charge < -0.3 is 9.05 Å². The van der Waals surface area contributed by atoms with Gasteiger partial charge in [0.2, 0.25) is 0 Å². The molecular formula is C4H8BFO2. The maximum absolute atomic E-state index is 11.3. The van der Waals surface area contributed by atoms with E-state index in [4.69, 9.17) is 0 Å². The summed E-state index contributed by atoms with van der Waals surface area (Å²) in [5, 5.41) is 0. The van der Waals surface area contributed by atoms with Crippen LogP contribution in [0, 0.1) is 0 Å². The van der Waals surface area contributed by atoms with Gasteiger partial charge in [0.25, 0.3) is 0 Å². The number of carbonyl (C=O) groups is 1. The molecule has 0 radical (unpaired) electrons. The van der Waals surface area contributed by atoms with Crippen molar-refractivity contribution in [1.82, 2.24) is 0 Å². The molecule has 2 nitrogen and oxygen atoms in total. The van der Waals surface area contributed by atoms with Gasteiger partial charge in [0.15, 0.2) is 0 Å². The normalized spacial score (nSPS) is 8.25. The van der Waals surface area contributed by atoms with Crippen molar-refractivity contribution in [2.75, 3.05) is 6.61 Å². The number of halogens is 1. The second-order valence-electron chi connectivity index (χ2n) is 1.24. The van der Waals surface area contributed by atoms with E-state index in [1.807, 2.05) is 0 Å². The molecule has 8 heavy (non-hydrogen) atoms. The summed E-state index contributed by atoms with van der Waals surface area (Å²) in [6.07, 6.45) is -0.117. The third-order valence-electron chi connectivity index (χ3n) is 0.604. The third-order valence-corrected chi connectivity index (χ3v) is 0.604. The predicted octanol–water partition coefficient (Wildman–Crippen LogP) is 0.289. The van der Waals surface area contributed by atoms with Gasteiger partial charge in [-0.05, 0) is 6.92 Å². The first-order valence-corrected chi connectivity index (χ1v) is 2.52. The largest absolute Gasteiger partial charge is 0.466 e. The van der Waals surface area contributed by atoms with E-state index in [0.29, 0.717) is 6.61 Å². The fourth-order valence-corrected chi connectivity index (χ4v) is 0.310. The quantitative estimate of drug-likeness (QED) is 0.393. The lowest BCUT2D eigenvalue weighted by Crippen LogP contribution is -2.04. The fourth-order valence-electron chi connectivity index (χ4n) is 0.310. The van der Waals surface area contributed by atoms with Crippen molar-refractivity contribution >= 4 is 13.5 Å². The highest BCUT2D eigenvalue weighted by molar-refractivity contribution is 6.32. The monoisotopic (exact) mass is 118 g/mol. The van der Waals surface area contributed by atoms with Crippen LogP contribution in [0.2, 0.25) is 6.32 Å². The summed E-state index contributed by atoms with van der Waals surface area (Å²) in [5.74, 6) is -0.463. The van der Waals surface area contributed by atoms with Crippen molar-refractivity contribution in [3.63, 3.8) is 0 Å². The summed E-state index contributed by atoms with van der Waals surface area (Å²) in [6, 6.07) is 0. The maximum Gasteiger partial charge on any atom is 0.342 e. The first-order valence-electron chi connectivity index (χ1n) is 2.52. The predicted molar refractivity (Wildman–Crippen MR) is 29.7 cm³/mol. The van der Waals surface area contributed by atoms with E-state index in [-0.39, 0.29) is 6.32 Å². The summed E-state index contributed by atoms with van der Waals surface area (Å²) >= 11 is 0. The summed E-state index contributed by atoms with van der Waals surface area (Å²) in [6.45, 7) is 2.02. The molecule has 0 amide bonds. The Balaban J connectivity index is 3.06. The Bertz CT molecular complexity index is 68.4. The van der Waals surface area contributed by atoms with Crippen LogP contribution in [-0.2, 0) is 9.53 Å². The highest BCUT2D eigenvalue weighted by Crippen LogP contribution is 1.84. The Kier molecular flexibility index (Phi) is 4.31. The van der Waals surface area contributed by atoms with Gasteiger partial charge in [-0.3, -0.25) is 4.79 Å². The smallest absolute Gasteiger partial charge is 0.342 e.